The molecule has 5 aromatic carbocycles. The molecule has 2 atom stereocenters. The Morgan fingerprint density at radius 1 is 0.551 bits per heavy atom. The number of hydrogen-bond acceptors (Lipinski definition) is 6. The van der Waals surface area contributed by atoms with E-state index in [4.69, 9.17) is 9.47 Å². The van der Waals surface area contributed by atoms with Crippen molar-refractivity contribution in [2.75, 3.05) is 29.8 Å². The van der Waals surface area contributed by atoms with E-state index in [0.717, 1.165) is 22.3 Å². The van der Waals surface area contributed by atoms with E-state index in [2.05, 4.69) is 10.6 Å². The van der Waals surface area contributed by atoms with Crippen molar-refractivity contribution in [3.05, 3.63) is 149 Å². The number of carbonyl (C=O) groups is 4. The number of methoxy groups -OCH3 is 2. The van der Waals surface area contributed by atoms with Gasteiger partial charge >= 0.3 is 0 Å². The molecule has 3 aliphatic carbocycles. The topological polar surface area (TPSA) is 114 Å². The molecule has 5 aromatic rings. The summed E-state index contributed by atoms with van der Waals surface area (Å²) in [7, 11) is 3.00. The van der Waals surface area contributed by atoms with Crippen molar-refractivity contribution in [3.8, 4) is 11.5 Å². The lowest BCUT2D eigenvalue weighted by Gasteiger charge is -2.45. The van der Waals surface area contributed by atoms with Gasteiger partial charge in [-0.05, 0) is 64.7 Å². The predicted molar refractivity (Wildman–Crippen MR) is 184 cm³/mol. The van der Waals surface area contributed by atoms with E-state index in [0.29, 0.717) is 22.9 Å². The molecule has 1 saturated heterocycles. The van der Waals surface area contributed by atoms with Gasteiger partial charge in [0.25, 0.3) is 11.8 Å². The first-order chi connectivity index (χ1) is 23.9. The van der Waals surface area contributed by atoms with Crippen LogP contribution in [-0.2, 0) is 9.59 Å². The van der Waals surface area contributed by atoms with Crippen LogP contribution in [0.2, 0.25) is 0 Å². The fourth-order valence-corrected chi connectivity index (χ4v) is 7.82. The van der Waals surface area contributed by atoms with Crippen LogP contribution in [0.15, 0.2) is 115 Å². The number of carbonyl (C=O) groups excluding carboxylic acids is 4. The molecule has 49 heavy (non-hydrogen) atoms. The Balaban J connectivity index is 1.22. The molecule has 2 N–H and O–H groups in total. The zero-order valence-corrected chi connectivity index (χ0v) is 26.7. The first kappa shape index (κ1) is 30.1. The van der Waals surface area contributed by atoms with E-state index < -0.39 is 23.7 Å². The van der Waals surface area contributed by atoms with Crippen LogP contribution in [0.3, 0.4) is 0 Å². The molecule has 0 aromatic heterocycles. The van der Waals surface area contributed by atoms with Crippen LogP contribution < -0.4 is 25.0 Å². The summed E-state index contributed by atoms with van der Waals surface area (Å²) in [6, 6.07) is 34.3. The summed E-state index contributed by atoms with van der Waals surface area (Å²) in [6.45, 7) is 0. The molecular weight excluding hydrogens is 618 g/mol. The number of nitrogens with one attached hydrogen (secondary N) is 2. The van der Waals surface area contributed by atoms with Crippen LogP contribution in [-0.4, -0.2) is 37.8 Å². The van der Waals surface area contributed by atoms with Crippen molar-refractivity contribution in [1.82, 2.24) is 0 Å². The van der Waals surface area contributed by atoms with Crippen LogP contribution in [0.5, 0.6) is 11.5 Å². The Morgan fingerprint density at radius 3 is 1.31 bits per heavy atom. The van der Waals surface area contributed by atoms with E-state index in [1.807, 2.05) is 48.5 Å². The van der Waals surface area contributed by atoms with E-state index in [9.17, 15) is 19.2 Å². The smallest absolute Gasteiger partial charge is 0.255 e. The number of imide groups is 1. The van der Waals surface area contributed by atoms with E-state index in [1.165, 1.54) is 37.3 Å². The van der Waals surface area contributed by atoms with Gasteiger partial charge < -0.3 is 20.1 Å². The van der Waals surface area contributed by atoms with E-state index >= 15 is 0 Å². The molecule has 1 fully saturated rings. The maximum Gasteiger partial charge on any atom is 0.255 e. The molecule has 2 bridgehead atoms. The molecule has 0 saturated carbocycles. The second-order valence-corrected chi connectivity index (χ2v) is 12.4. The highest BCUT2D eigenvalue weighted by Crippen LogP contribution is 2.61. The molecule has 9 rings (SSSR count). The van der Waals surface area contributed by atoms with E-state index in [1.54, 1.807) is 48.5 Å². The minimum absolute atomic E-state index is 0.0820. The molecule has 9 heteroatoms. The lowest BCUT2D eigenvalue weighted by Crippen LogP contribution is -2.41. The molecule has 9 nitrogen and oxygen atoms in total. The van der Waals surface area contributed by atoms with Crippen LogP contribution in [0.1, 0.15) is 54.8 Å². The highest BCUT2D eigenvalue weighted by molar-refractivity contribution is 6.24. The molecular formula is C40H31N3O6. The molecule has 0 radical (unpaired) electrons. The van der Waals surface area contributed by atoms with Gasteiger partial charge in [0.05, 0.1) is 43.1 Å². The average molecular weight is 650 g/mol. The molecule has 4 amide bonds. The summed E-state index contributed by atoms with van der Waals surface area (Å²) in [4.78, 5) is 57.9. The van der Waals surface area contributed by atoms with Crippen LogP contribution in [0, 0.1) is 11.8 Å². The maximum atomic E-state index is 14.5. The fourth-order valence-electron chi connectivity index (χ4n) is 7.82. The summed E-state index contributed by atoms with van der Waals surface area (Å²) in [5.41, 5.74) is 5.37. The lowest BCUT2D eigenvalue weighted by molar-refractivity contribution is -0.122. The monoisotopic (exact) mass is 649 g/mol. The molecule has 0 spiro atoms. The summed E-state index contributed by atoms with van der Waals surface area (Å²) < 4.78 is 10.8. The van der Waals surface area contributed by atoms with Crippen molar-refractivity contribution in [1.29, 1.82) is 0 Å². The van der Waals surface area contributed by atoms with Crippen LogP contribution in [0.25, 0.3) is 0 Å². The Labute approximate surface area is 282 Å². The van der Waals surface area contributed by atoms with Gasteiger partial charge in [0, 0.05) is 23.0 Å². The Morgan fingerprint density at radius 2 is 0.918 bits per heavy atom. The third-order valence-corrected chi connectivity index (χ3v) is 9.86. The second kappa shape index (κ2) is 11.8. The highest BCUT2D eigenvalue weighted by atomic mass is 16.5. The van der Waals surface area contributed by atoms with Gasteiger partial charge in [0.1, 0.15) is 11.5 Å². The number of rotatable bonds is 7. The highest BCUT2D eigenvalue weighted by Gasteiger charge is 2.61. The van der Waals surface area contributed by atoms with Crippen molar-refractivity contribution in [3.63, 3.8) is 0 Å². The van der Waals surface area contributed by atoms with Crippen LogP contribution >= 0.6 is 0 Å². The van der Waals surface area contributed by atoms with Gasteiger partial charge in [0.2, 0.25) is 11.8 Å². The third kappa shape index (κ3) is 4.77. The predicted octanol–water partition coefficient (Wildman–Crippen LogP) is 6.61. The van der Waals surface area contributed by atoms with Crippen molar-refractivity contribution >= 4 is 40.7 Å². The quantitative estimate of drug-likeness (QED) is 0.192. The number of para-hydroxylation sites is 4. The van der Waals surface area contributed by atoms with E-state index in [-0.39, 0.29) is 40.5 Å². The van der Waals surface area contributed by atoms with Gasteiger partial charge in [-0.15, -0.1) is 0 Å². The molecule has 1 heterocycles. The van der Waals surface area contributed by atoms with Gasteiger partial charge in [-0.25, -0.2) is 4.90 Å². The number of hydrogen-bond donors (Lipinski definition) is 2. The SMILES string of the molecule is COc1ccccc1NC(=O)c1cc(C(=O)Nc2ccccc2OC)cc(N2C(=O)C3C4c5ccccc5C(c5ccccc54)C3C2=O)c1. The normalized spacial score (nSPS) is 19.8. The zero-order chi connectivity index (χ0) is 33.8. The average Bonchev–Trinajstić information content (AvgIpc) is 3.41. The number of anilines is 3. The van der Waals surface area contributed by atoms with Crippen molar-refractivity contribution in [2.45, 2.75) is 11.8 Å². The first-order valence-electron chi connectivity index (χ1n) is 16.0. The molecule has 2 unspecified atom stereocenters. The Bertz CT molecular complexity index is 2000. The van der Waals surface area contributed by atoms with Gasteiger partial charge in [0.15, 0.2) is 0 Å². The molecule has 4 aliphatic rings. The summed E-state index contributed by atoms with van der Waals surface area (Å²) in [5, 5.41) is 5.69. The summed E-state index contributed by atoms with van der Waals surface area (Å²) in [5.74, 6) is -2.75. The second-order valence-electron chi connectivity index (χ2n) is 12.4. The molecule has 1 aliphatic heterocycles. The third-order valence-electron chi connectivity index (χ3n) is 9.86. The Hall–Kier alpha value is -6.22. The van der Waals surface area contributed by atoms with Gasteiger partial charge in [-0.1, -0.05) is 72.8 Å². The first-order valence-corrected chi connectivity index (χ1v) is 16.0. The lowest BCUT2D eigenvalue weighted by atomic mass is 9.55. The number of ether oxygens (including phenoxy) is 2. The van der Waals surface area contributed by atoms with Crippen LogP contribution in [0.4, 0.5) is 17.1 Å². The number of amides is 4. The summed E-state index contributed by atoms with van der Waals surface area (Å²) in [6.07, 6.45) is 0. The number of nitrogens with zero attached hydrogens (tertiary/aromatic N) is 1. The maximum absolute atomic E-state index is 14.5. The Kier molecular flexibility index (Phi) is 7.25. The van der Waals surface area contributed by atoms with Crippen molar-refractivity contribution < 1.29 is 28.7 Å². The van der Waals surface area contributed by atoms with Gasteiger partial charge in [-0.2, -0.15) is 0 Å². The minimum atomic E-state index is -0.626. The summed E-state index contributed by atoms with van der Waals surface area (Å²) >= 11 is 0. The molecule has 242 valence electrons. The fraction of sp³-hybridized carbons (Fsp3) is 0.150. The standard InChI is InChI=1S/C40H31N3O6/c1-48-31-17-9-7-15-29(31)41-37(44)22-19-23(38(45)42-30-16-8-10-18-32(30)49-2)21-24(20-22)43-39(46)35-33-25-11-3-4-12-26(25)34(36(35)40(43)47)28-14-6-5-13-27(28)33/h3-21,33-36H,1-2H3,(H,41,44)(H,42,45). The van der Waals surface area contributed by atoms with Gasteiger partial charge in [-0.3, -0.25) is 19.2 Å². The largest absolute Gasteiger partial charge is 0.495 e. The number of benzene rings is 5. The minimum Gasteiger partial charge on any atom is -0.495 e. The van der Waals surface area contributed by atoms with Crippen molar-refractivity contribution in [2.24, 2.45) is 11.8 Å². The zero-order valence-electron chi connectivity index (χ0n) is 26.7.